The van der Waals surface area contributed by atoms with Gasteiger partial charge in [0.2, 0.25) is 0 Å². The van der Waals surface area contributed by atoms with Gasteiger partial charge in [0.25, 0.3) is 5.91 Å². The molecule has 2 aromatic carbocycles. The van der Waals surface area contributed by atoms with E-state index >= 15 is 0 Å². The number of rotatable bonds is 2. The number of carbonyl (C=O) groups excluding carboxylic acids is 1. The van der Waals surface area contributed by atoms with Crippen molar-refractivity contribution in [1.82, 2.24) is 0 Å². The van der Waals surface area contributed by atoms with Gasteiger partial charge in [-0.3, -0.25) is 4.79 Å². The number of anilines is 1. The second-order valence-electron chi connectivity index (χ2n) is 4.45. The van der Waals surface area contributed by atoms with E-state index in [9.17, 15) is 9.18 Å². The number of hydrogen-bond donors (Lipinski definition) is 1. The average molecular weight is 322 g/mol. The van der Waals surface area contributed by atoms with Crippen molar-refractivity contribution in [3.05, 3.63) is 63.4 Å². The molecule has 0 aromatic heterocycles. The summed E-state index contributed by atoms with van der Waals surface area (Å²) < 4.78 is 13.7. The molecule has 0 heterocycles. The van der Waals surface area contributed by atoms with Gasteiger partial charge < -0.3 is 5.32 Å². The number of hydrogen-bond acceptors (Lipinski definition) is 1. The largest absolute Gasteiger partial charge is 0.322 e. The molecule has 2 rings (SSSR count). The summed E-state index contributed by atoms with van der Waals surface area (Å²) in [4.78, 5) is 12.1. The maximum absolute atomic E-state index is 13.2. The Morgan fingerprint density at radius 2 is 1.74 bits per heavy atom. The Morgan fingerprint density at radius 3 is 2.37 bits per heavy atom. The second-order valence-corrected chi connectivity index (χ2v) is 5.31. The molecule has 0 aliphatic heterocycles. The first-order chi connectivity index (χ1) is 8.95. The minimum absolute atomic E-state index is 0.277. The van der Waals surface area contributed by atoms with Gasteiger partial charge in [-0.25, -0.2) is 4.39 Å². The first-order valence-electron chi connectivity index (χ1n) is 5.80. The highest BCUT2D eigenvalue weighted by molar-refractivity contribution is 9.10. The predicted molar refractivity (Wildman–Crippen MR) is 78.0 cm³/mol. The number of carbonyl (C=O) groups is 1. The van der Waals surface area contributed by atoms with Gasteiger partial charge in [-0.15, -0.1) is 0 Å². The fourth-order valence-corrected chi connectivity index (χ4v) is 2.34. The van der Waals surface area contributed by atoms with Crippen LogP contribution in [0.3, 0.4) is 0 Å². The van der Waals surface area contributed by atoms with Crippen molar-refractivity contribution in [1.29, 1.82) is 0 Å². The molecule has 2 nitrogen and oxygen atoms in total. The lowest BCUT2D eigenvalue weighted by atomic mass is 10.1. The fraction of sp³-hybridized carbons (Fsp3) is 0.133. The van der Waals surface area contributed by atoms with E-state index in [-0.39, 0.29) is 11.5 Å². The smallest absolute Gasteiger partial charge is 0.256 e. The van der Waals surface area contributed by atoms with Gasteiger partial charge in [0.05, 0.1) is 5.56 Å². The van der Waals surface area contributed by atoms with Crippen molar-refractivity contribution >= 4 is 27.5 Å². The number of benzene rings is 2. The van der Waals surface area contributed by atoms with Crippen LogP contribution >= 0.6 is 15.9 Å². The normalized spacial score (nSPS) is 10.3. The van der Waals surface area contributed by atoms with Crippen molar-refractivity contribution in [2.24, 2.45) is 0 Å². The third kappa shape index (κ3) is 3.41. The summed E-state index contributed by atoms with van der Waals surface area (Å²) >= 11 is 3.25. The van der Waals surface area contributed by atoms with Crippen LogP contribution in [-0.2, 0) is 0 Å². The Bertz CT molecular complexity index is 620. The molecule has 0 radical (unpaired) electrons. The maximum Gasteiger partial charge on any atom is 0.256 e. The number of aryl methyl sites for hydroxylation is 2. The standard InChI is InChI=1S/C15H13BrFNO/c1-9-5-10(2)7-12(6-9)18-15(19)13-8-11(17)3-4-14(13)16/h3-8H,1-2H3,(H,18,19). The van der Waals surface area contributed by atoms with Gasteiger partial charge in [0.1, 0.15) is 5.82 Å². The average Bonchev–Trinajstić information content (AvgIpc) is 2.30. The SMILES string of the molecule is Cc1cc(C)cc(NC(=O)c2cc(F)ccc2Br)c1. The Hall–Kier alpha value is -1.68. The predicted octanol–water partition coefficient (Wildman–Crippen LogP) is 4.46. The summed E-state index contributed by atoms with van der Waals surface area (Å²) in [5.74, 6) is -0.773. The number of halogens is 2. The summed E-state index contributed by atoms with van der Waals surface area (Å²) in [6.45, 7) is 3.92. The van der Waals surface area contributed by atoms with Crippen LogP contribution in [0.5, 0.6) is 0 Å². The monoisotopic (exact) mass is 321 g/mol. The molecule has 0 fully saturated rings. The highest BCUT2D eigenvalue weighted by Crippen LogP contribution is 2.20. The zero-order valence-corrected chi connectivity index (χ0v) is 12.2. The van der Waals surface area contributed by atoms with E-state index < -0.39 is 5.82 Å². The van der Waals surface area contributed by atoms with Crippen LogP contribution in [0.4, 0.5) is 10.1 Å². The minimum Gasteiger partial charge on any atom is -0.322 e. The van der Waals surface area contributed by atoms with E-state index in [1.54, 1.807) is 0 Å². The third-order valence-corrected chi connectivity index (χ3v) is 3.34. The van der Waals surface area contributed by atoms with Crippen LogP contribution in [0.2, 0.25) is 0 Å². The molecule has 0 spiro atoms. The van der Waals surface area contributed by atoms with E-state index in [2.05, 4.69) is 21.2 Å². The van der Waals surface area contributed by atoms with E-state index in [0.29, 0.717) is 10.2 Å². The van der Waals surface area contributed by atoms with Crippen molar-refractivity contribution in [2.75, 3.05) is 5.32 Å². The van der Waals surface area contributed by atoms with Crippen LogP contribution in [0.1, 0.15) is 21.5 Å². The lowest BCUT2D eigenvalue weighted by Gasteiger charge is -2.09. The van der Waals surface area contributed by atoms with Crippen molar-refractivity contribution in [3.63, 3.8) is 0 Å². The Balaban J connectivity index is 2.28. The van der Waals surface area contributed by atoms with E-state index in [1.165, 1.54) is 18.2 Å². The molecule has 4 heteroatoms. The van der Waals surface area contributed by atoms with Crippen LogP contribution < -0.4 is 5.32 Å². The molecule has 0 aliphatic rings. The molecule has 19 heavy (non-hydrogen) atoms. The van der Waals surface area contributed by atoms with E-state index in [4.69, 9.17) is 0 Å². The summed E-state index contributed by atoms with van der Waals surface area (Å²) in [5, 5.41) is 2.77. The molecule has 0 aliphatic carbocycles. The first kappa shape index (κ1) is 13.7. The minimum atomic E-state index is -0.436. The second kappa shape index (κ2) is 5.53. The molecule has 0 bridgehead atoms. The zero-order valence-electron chi connectivity index (χ0n) is 10.6. The first-order valence-corrected chi connectivity index (χ1v) is 6.60. The van der Waals surface area contributed by atoms with Crippen LogP contribution in [0.15, 0.2) is 40.9 Å². The van der Waals surface area contributed by atoms with E-state index in [1.807, 2.05) is 32.0 Å². The van der Waals surface area contributed by atoms with Gasteiger partial charge >= 0.3 is 0 Å². The maximum atomic E-state index is 13.2. The Kier molecular flexibility index (Phi) is 4.00. The van der Waals surface area contributed by atoms with Gasteiger partial charge in [-0.1, -0.05) is 6.07 Å². The molecule has 98 valence electrons. The quantitative estimate of drug-likeness (QED) is 0.869. The fourth-order valence-electron chi connectivity index (χ4n) is 1.92. The molecule has 0 saturated heterocycles. The Morgan fingerprint density at radius 1 is 1.11 bits per heavy atom. The Labute approximate surface area is 119 Å². The highest BCUT2D eigenvalue weighted by Gasteiger charge is 2.11. The molecule has 0 saturated carbocycles. The zero-order chi connectivity index (χ0) is 14.0. The van der Waals surface area contributed by atoms with Gasteiger partial charge in [0, 0.05) is 10.2 Å². The van der Waals surface area contributed by atoms with Gasteiger partial charge in [-0.05, 0) is 71.2 Å². The molecule has 1 amide bonds. The third-order valence-electron chi connectivity index (χ3n) is 2.65. The topological polar surface area (TPSA) is 29.1 Å². The lowest BCUT2D eigenvalue weighted by molar-refractivity contribution is 0.102. The van der Waals surface area contributed by atoms with E-state index in [0.717, 1.165) is 11.1 Å². The molecule has 0 atom stereocenters. The van der Waals surface area contributed by atoms with Crippen LogP contribution in [-0.4, -0.2) is 5.91 Å². The number of amides is 1. The summed E-state index contributed by atoms with van der Waals surface area (Å²) in [6, 6.07) is 9.80. The van der Waals surface area contributed by atoms with Crippen molar-refractivity contribution in [2.45, 2.75) is 13.8 Å². The van der Waals surface area contributed by atoms with Crippen LogP contribution in [0, 0.1) is 19.7 Å². The summed E-state index contributed by atoms with van der Waals surface area (Å²) in [6.07, 6.45) is 0. The van der Waals surface area contributed by atoms with Gasteiger partial charge in [0.15, 0.2) is 0 Å². The molecule has 0 unspecified atom stereocenters. The molecule has 2 aromatic rings. The molecular formula is C15H13BrFNO. The highest BCUT2D eigenvalue weighted by atomic mass is 79.9. The van der Waals surface area contributed by atoms with Crippen molar-refractivity contribution < 1.29 is 9.18 Å². The summed E-state index contributed by atoms with van der Waals surface area (Å²) in [7, 11) is 0. The number of nitrogens with one attached hydrogen (secondary N) is 1. The molecular weight excluding hydrogens is 309 g/mol. The van der Waals surface area contributed by atoms with Crippen LogP contribution in [0.25, 0.3) is 0 Å². The summed E-state index contributed by atoms with van der Waals surface area (Å²) in [5.41, 5.74) is 3.11. The molecule has 1 N–H and O–H groups in total. The van der Waals surface area contributed by atoms with Crippen molar-refractivity contribution in [3.8, 4) is 0 Å². The van der Waals surface area contributed by atoms with Gasteiger partial charge in [-0.2, -0.15) is 0 Å². The lowest BCUT2D eigenvalue weighted by Crippen LogP contribution is -2.13.